The van der Waals surface area contributed by atoms with Crippen LogP contribution in [-0.2, 0) is 23.9 Å². The summed E-state index contributed by atoms with van der Waals surface area (Å²) in [6.07, 6.45) is 2.56. The van der Waals surface area contributed by atoms with Gasteiger partial charge in [-0.05, 0) is 63.7 Å². The Hall–Kier alpha value is -3.13. The molecule has 3 aliphatic heterocycles. The van der Waals surface area contributed by atoms with Gasteiger partial charge < -0.3 is 40.1 Å². The highest BCUT2D eigenvalue weighted by atomic mass is 19.1. The highest BCUT2D eigenvalue weighted by molar-refractivity contribution is 5.94. The maximum absolute atomic E-state index is 13.6. The van der Waals surface area contributed by atoms with Gasteiger partial charge >= 0.3 is 0 Å². The van der Waals surface area contributed by atoms with E-state index in [-0.39, 0.29) is 75.5 Å². The first kappa shape index (κ1) is 30.8. The molecule has 3 heterocycles. The van der Waals surface area contributed by atoms with Crippen LogP contribution in [-0.4, -0.2) is 136 Å². The minimum absolute atomic E-state index is 0.0549. The summed E-state index contributed by atoms with van der Waals surface area (Å²) in [6, 6.07) is 4.48. The summed E-state index contributed by atoms with van der Waals surface area (Å²) < 4.78 is 24.2. The number of benzene rings is 1. The molecule has 0 bridgehead atoms. The van der Waals surface area contributed by atoms with E-state index in [4.69, 9.17) is 9.47 Å². The molecule has 0 aliphatic carbocycles. The van der Waals surface area contributed by atoms with Crippen LogP contribution in [0.2, 0.25) is 0 Å². The average Bonchev–Trinajstić information content (AvgIpc) is 3.38. The molecule has 0 unspecified atom stereocenters. The van der Waals surface area contributed by atoms with Gasteiger partial charge in [-0.25, -0.2) is 4.39 Å². The highest BCUT2D eigenvalue weighted by Gasteiger charge is 2.43. The van der Waals surface area contributed by atoms with Crippen molar-refractivity contribution in [1.29, 1.82) is 0 Å². The summed E-state index contributed by atoms with van der Waals surface area (Å²) in [5, 5.41) is 9.24. The molecular weight excluding hydrogens is 535 g/mol. The van der Waals surface area contributed by atoms with Gasteiger partial charge in [0, 0.05) is 43.8 Å². The second-order valence-corrected chi connectivity index (χ2v) is 10.7. The zero-order valence-corrected chi connectivity index (χ0v) is 23.6. The molecule has 13 heteroatoms. The Balaban J connectivity index is 1.43. The van der Waals surface area contributed by atoms with Gasteiger partial charge in [-0.3, -0.25) is 19.2 Å². The number of hydrogen-bond donors (Lipinski definition) is 3. The smallest absolute Gasteiger partial charge is 0.251 e. The molecule has 4 rings (SSSR count). The van der Waals surface area contributed by atoms with Crippen LogP contribution in [0, 0.1) is 5.82 Å². The van der Waals surface area contributed by atoms with Gasteiger partial charge in [0.1, 0.15) is 18.5 Å². The topological polar surface area (TPSA) is 133 Å². The molecule has 3 aliphatic rings. The first-order valence-electron chi connectivity index (χ1n) is 14.3. The lowest BCUT2D eigenvalue weighted by Crippen LogP contribution is -2.58. The summed E-state index contributed by atoms with van der Waals surface area (Å²) in [7, 11) is 2.09. The molecule has 0 saturated carbocycles. The molecule has 226 valence electrons. The number of rotatable bonds is 6. The third-order valence-electron chi connectivity index (χ3n) is 7.75. The number of nitrogens with zero attached hydrogens (tertiary/aromatic N) is 3. The van der Waals surface area contributed by atoms with Crippen LogP contribution in [0.3, 0.4) is 0 Å². The van der Waals surface area contributed by atoms with Gasteiger partial charge in [0.05, 0.1) is 26.4 Å². The van der Waals surface area contributed by atoms with Crippen LogP contribution in [0.25, 0.3) is 0 Å². The fourth-order valence-corrected chi connectivity index (χ4v) is 5.42. The number of likely N-dealkylation sites (tertiary alicyclic amines) is 1. The third-order valence-corrected chi connectivity index (χ3v) is 7.75. The number of nitrogens with one attached hydrogen (secondary N) is 3. The van der Waals surface area contributed by atoms with Crippen LogP contribution in [0.15, 0.2) is 24.3 Å². The molecule has 0 radical (unpaired) electrons. The minimum atomic E-state index is -0.710. The van der Waals surface area contributed by atoms with Crippen LogP contribution in [0.4, 0.5) is 4.39 Å². The zero-order valence-electron chi connectivity index (χ0n) is 23.6. The lowest BCUT2D eigenvalue weighted by atomic mass is 10.0. The van der Waals surface area contributed by atoms with E-state index in [1.807, 2.05) is 0 Å². The van der Waals surface area contributed by atoms with Crippen molar-refractivity contribution in [2.45, 2.75) is 37.4 Å². The van der Waals surface area contributed by atoms with E-state index in [0.717, 1.165) is 25.9 Å². The number of carbonyl (C=O) groups is 4. The Morgan fingerprint density at radius 2 is 1.73 bits per heavy atom. The summed E-state index contributed by atoms with van der Waals surface area (Å²) >= 11 is 0. The van der Waals surface area contributed by atoms with E-state index in [1.165, 1.54) is 29.2 Å². The van der Waals surface area contributed by atoms with E-state index in [1.54, 1.807) is 4.90 Å². The molecule has 1 aromatic carbocycles. The Labute approximate surface area is 239 Å². The van der Waals surface area contributed by atoms with Crippen molar-refractivity contribution in [2.75, 3.05) is 79.3 Å². The minimum Gasteiger partial charge on any atom is -0.377 e. The van der Waals surface area contributed by atoms with E-state index >= 15 is 0 Å². The molecule has 0 spiro atoms. The molecule has 3 saturated heterocycles. The molecule has 2 atom stereocenters. The van der Waals surface area contributed by atoms with E-state index in [2.05, 4.69) is 27.9 Å². The fourth-order valence-electron chi connectivity index (χ4n) is 5.42. The second-order valence-electron chi connectivity index (χ2n) is 10.7. The molecule has 4 amide bonds. The Bertz CT molecular complexity index is 1050. The standard InChI is InChI=1S/C28H41FN6O6/c1-33-11-6-22(7-12-33)32-23-8-13-35-24(36)18-34(14-9-30-27(38)20-2-4-21(29)5-3-20)25(37)19-41-17-16-40-15-10-31-28(39)26(23)35/h2-5,22-23,26,32H,6-19H2,1H3,(H,30,38)(H,31,39)/t23-,26+/m1/s1. The van der Waals surface area contributed by atoms with Crippen molar-refractivity contribution < 1.29 is 33.0 Å². The Kier molecular flexibility index (Phi) is 11.4. The van der Waals surface area contributed by atoms with Gasteiger partial charge in [0.25, 0.3) is 5.91 Å². The number of halogens is 1. The predicted octanol–water partition coefficient (Wildman–Crippen LogP) is -0.800. The summed E-state index contributed by atoms with van der Waals surface area (Å²) in [4.78, 5) is 57.6. The molecular formula is C28H41FN6O6. The number of piperidine rings is 1. The number of ether oxygens (including phenoxy) is 2. The van der Waals surface area contributed by atoms with Crippen molar-refractivity contribution in [2.24, 2.45) is 0 Å². The van der Waals surface area contributed by atoms with Gasteiger partial charge in [-0.15, -0.1) is 0 Å². The molecule has 0 aromatic heterocycles. The van der Waals surface area contributed by atoms with Crippen LogP contribution >= 0.6 is 0 Å². The van der Waals surface area contributed by atoms with Crippen molar-refractivity contribution in [1.82, 2.24) is 30.7 Å². The average molecular weight is 577 g/mol. The van der Waals surface area contributed by atoms with Gasteiger partial charge in [0.2, 0.25) is 17.7 Å². The first-order chi connectivity index (χ1) is 19.8. The summed E-state index contributed by atoms with van der Waals surface area (Å²) in [6.45, 7) is 2.98. The van der Waals surface area contributed by atoms with Crippen molar-refractivity contribution >= 4 is 23.6 Å². The lowest BCUT2D eigenvalue weighted by molar-refractivity contribution is -0.145. The second kappa shape index (κ2) is 15.2. The van der Waals surface area contributed by atoms with E-state index in [0.29, 0.717) is 19.5 Å². The van der Waals surface area contributed by atoms with E-state index in [9.17, 15) is 23.6 Å². The van der Waals surface area contributed by atoms with Crippen LogP contribution in [0.5, 0.6) is 0 Å². The molecule has 3 fully saturated rings. The first-order valence-corrected chi connectivity index (χ1v) is 14.3. The number of hydrogen-bond acceptors (Lipinski definition) is 8. The van der Waals surface area contributed by atoms with E-state index < -0.39 is 23.7 Å². The fraction of sp³-hybridized carbons (Fsp3) is 0.643. The van der Waals surface area contributed by atoms with Crippen molar-refractivity contribution in [3.8, 4) is 0 Å². The summed E-state index contributed by atoms with van der Waals surface area (Å²) in [5.41, 5.74) is 0.281. The largest absolute Gasteiger partial charge is 0.377 e. The van der Waals surface area contributed by atoms with Crippen LogP contribution < -0.4 is 16.0 Å². The van der Waals surface area contributed by atoms with Gasteiger partial charge in [-0.1, -0.05) is 0 Å². The Morgan fingerprint density at radius 1 is 1.00 bits per heavy atom. The maximum atomic E-state index is 13.6. The number of fused-ring (bicyclic) bond motifs is 1. The van der Waals surface area contributed by atoms with Gasteiger partial charge in [-0.2, -0.15) is 0 Å². The number of carbonyl (C=O) groups excluding carboxylic acids is 4. The maximum Gasteiger partial charge on any atom is 0.251 e. The van der Waals surface area contributed by atoms with Crippen LogP contribution in [0.1, 0.15) is 29.6 Å². The quantitative estimate of drug-likeness (QED) is 0.401. The monoisotopic (exact) mass is 576 g/mol. The molecule has 41 heavy (non-hydrogen) atoms. The number of amides is 4. The SMILES string of the molecule is CN1CCC(N[C@@H]2CCN3C(=O)CN(CCNC(=O)c4ccc(F)cc4)C(=O)COCCOCCNC(=O)[C@H]23)CC1. The molecule has 3 N–H and O–H groups in total. The van der Waals surface area contributed by atoms with Gasteiger partial charge in [0.15, 0.2) is 0 Å². The predicted molar refractivity (Wildman–Crippen MR) is 148 cm³/mol. The zero-order chi connectivity index (χ0) is 29.2. The van der Waals surface area contributed by atoms with Crippen molar-refractivity contribution in [3.63, 3.8) is 0 Å². The lowest BCUT2D eigenvalue weighted by Gasteiger charge is -2.34. The normalized spacial score (nSPS) is 24.4. The molecule has 12 nitrogen and oxygen atoms in total. The Morgan fingerprint density at radius 3 is 2.49 bits per heavy atom. The van der Waals surface area contributed by atoms with Crippen molar-refractivity contribution in [3.05, 3.63) is 35.6 Å². The summed E-state index contributed by atoms with van der Waals surface area (Å²) in [5.74, 6) is -1.88. The highest BCUT2D eigenvalue weighted by Crippen LogP contribution is 2.22. The third kappa shape index (κ3) is 8.93. The molecule has 1 aromatic rings.